The number of aromatic nitrogens is 2. The molecule has 0 bridgehead atoms. The molecule has 1 aliphatic carbocycles. The molecule has 2 aromatic rings. The van der Waals surface area contributed by atoms with Crippen molar-refractivity contribution < 1.29 is 19.2 Å². The fourth-order valence-corrected chi connectivity index (χ4v) is 4.64. The second-order valence-electron chi connectivity index (χ2n) is 8.39. The highest BCUT2D eigenvalue weighted by atomic mass is 16.2. The van der Waals surface area contributed by atoms with E-state index in [1.54, 1.807) is 12.1 Å². The van der Waals surface area contributed by atoms with Gasteiger partial charge in [0.2, 0.25) is 5.91 Å². The van der Waals surface area contributed by atoms with E-state index in [0.717, 1.165) is 42.0 Å². The van der Waals surface area contributed by atoms with E-state index in [1.165, 1.54) is 0 Å². The molecule has 1 aliphatic heterocycles. The van der Waals surface area contributed by atoms with E-state index in [9.17, 15) is 19.2 Å². The normalized spacial score (nSPS) is 17.6. The smallest absolute Gasteiger partial charge is 0.325 e. The predicted octanol–water partition coefficient (Wildman–Crippen LogP) is 1.77. The number of urea groups is 1. The Labute approximate surface area is 185 Å². The van der Waals surface area contributed by atoms with E-state index >= 15 is 0 Å². The number of carbonyl (C=O) groups excluding carboxylic acids is 4. The maximum Gasteiger partial charge on any atom is 0.325 e. The van der Waals surface area contributed by atoms with Gasteiger partial charge in [-0.2, -0.15) is 0 Å². The van der Waals surface area contributed by atoms with Crippen molar-refractivity contribution in [2.75, 3.05) is 6.54 Å². The first-order chi connectivity index (χ1) is 15.3. The molecule has 10 nitrogen and oxygen atoms in total. The maximum absolute atomic E-state index is 12.7. The average Bonchev–Trinajstić information content (AvgIpc) is 3.22. The third kappa shape index (κ3) is 3.92. The zero-order valence-electron chi connectivity index (χ0n) is 18.4. The summed E-state index contributed by atoms with van der Waals surface area (Å²) in [6.45, 7) is 4.68. The summed E-state index contributed by atoms with van der Waals surface area (Å²) >= 11 is 0. The molecule has 0 radical (unpaired) electrons. The molecule has 1 saturated heterocycles. The standard InChI is InChI=1S/C22H28N6O4/c1-3-27-14(2)23-16-13-15(7-8-17(16)27)19(30)26-25-18(29)9-12-28-20(31)22(24-21(28)32)10-5-4-6-11-22/h7-8,13H,3-6,9-12H2,1-2H3,(H,24,32)(H,25,29)(H,26,30). The van der Waals surface area contributed by atoms with Gasteiger partial charge in [0.05, 0.1) is 11.0 Å². The Morgan fingerprint density at radius 1 is 1.16 bits per heavy atom. The highest BCUT2D eigenvalue weighted by Crippen LogP contribution is 2.33. The van der Waals surface area contributed by atoms with Crippen LogP contribution in [0.15, 0.2) is 18.2 Å². The lowest BCUT2D eigenvalue weighted by atomic mass is 9.82. The van der Waals surface area contributed by atoms with Crippen LogP contribution in [0.2, 0.25) is 0 Å². The van der Waals surface area contributed by atoms with Gasteiger partial charge in [-0.05, 0) is 44.9 Å². The highest BCUT2D eigenvalue weighted by Gasteiger charge is 2.51. The van der Waals surface area contributed by atoms with E-state index in [4.69, 9.17) is 0 Å². The molecular formula is C22H28N6O4. The van der Waals surface area contributed by atoms with Gasteiger partial charge in [0.1, 0.15) is 11.4 Å². The number of rotatable bonds is 5. The van der Waals surface area contributed by atoms with E-state index in [2.05, 4.69) is 21.2 Å². The molecule has 1 saturated carbocycles. The number of aryl methyl sites for hydroxylation is 2. The van der Waals surface area contributed by atoms with Gasteiger partial charge in [0.25, 0.3) is 11.8 Å². The summed E-state index contributed by atoms with van der Waals surface area (Å²) in [6, 6.07) is 4.72. The monoisotopic (exact) mass is 440 g/mol. The minimum atomic E-state index is -0.804. The van der Waals surface area contributed by atoms with Crippen LogP contribution in [-0.2, 0) is 16.1 Å². The van der Waals surface area contributed by atoms with E-state index < -0.39 is 23.4 Å². The van der Waals surface area contributed by atoms with Crippen LogP contribution >= 0.6 is 0 Å². The van der Waals surface area contributed by atoms with Gasteiger partial charge >= 0.3 is 6.03 Å². The Bertz CT molecular complexity index is 1090. The largest absolute Gasteiger partial charge is 0.329 e. The van der Waals surface area contributed by atoms with Crippen molar-refractivity contribution in [1.29, 1.82) is 0 Å². The zero-order valence-corrected chi connectivity index (χ0v) is 18.4. The van der Waals surface area contributed by atoms with Crippen molar-refractivity contribution in [3.05, 3.63) is 29.6 Å². The molecule has 0 unspecified atom stereocenters. The maximum atomic E-state index is 12.7. The number of amides is 5. The summed E-state index contributed by atoms with van der Waals surface area (Å²) in [5.74, 6) is -0.353. The molecular weight excluding hydrogens is 412 g/mol. The molecule has 4 rings (SSSR count). The van der Waals surface area contributed by atoms with Gasteiger partial charge in [-0.15, -0.1) is 0 Å². The first kappa shape index (κ1) is 21.8. The van der Waals surface area contributed by atoms with Crippen LogP contribution in [0.1, 0.15) is 61.6 Å². The SMILES string of the molecule is CCn1c(C)nc2cc(C(=O)NNC(=O)CCN3C(=O)NC4(CCCCC4)C3=O)ccc21. The molecule has 3 N–H and O–H groups in total. The highest BCUT2D eigenvalue weighted by molar-refractivity contribution is 6.07. The molecule has 1 spiro atoms. The number of benzene rings is 1. The number of nitrogens with one attached hydrogen (secondary N) is 3. The zero-order chi connectivity index (χ0) is 22.9. The third-order valence-corrected chi connectivity index (χ3v) is 6.35. The molecule has 0 atom stereocenters. The quantitative estimate of drug-likeness (QED) is 0.483. The molecule has 2 fully saturated rings. The van der Waals surface area contributed by atoms with Crippen molar-refractivity contribution in [2.24, 2.45) is 0 Å². The first-order valence-corrected chi connectivity index (χ1v) is 11.0. The van der Waals surface area contributed by atoms with Crippen LogP contribution in [-0.4, -0.2) is 50.3 Å². The summed E-state index contributed by atoms with van der Waals surface area (Å²) in [5.41, 5.74) is 5.93. The first-order valence-electron chi connectivity index (χ1n) is 11.0. The van der Waals surface area contributed by atoms with E-state index in [1.807, 2.05) is 24.5 Å². The van der Waals surface area contributed by atoms with Crippen molar-refractivity contribution in [3.8, 4) is 0 Å². The topological polar surface area (TPSA) is 125 Å². The molecule has 170 valence electrons. The number of nitrogens with zero attached hydrogens (tertiary/aromatic N) is 3. The summed E-state index contributed by atoms with van der Waals surface area (Å²) in [4.78, 5) is 55.2. The van der Waals surface area contributed by atoms with Gasteiger partial charge in [-0.3, -0.25) is 30.1 Å². The number of hydrogen-bond donors (Lipinski definition) is 3. The van der Waals surface area contributed by atoms with Crippen LogP contribution in [0.25, 0.3) is 11.0 Å². The lowest BCUT2D eigenvalue weighted by molar-refractivity contribution is -0.132. The van der Waals surface area contributed by atoms with Crippen LogP contribution in [0, 0.1) is 6.92 Å². The van der Waals surface area contributed by atoms with Gasteiger partial charge in [-0.1, -0.05) is 19.3 Å². The lowest BCUT2D eigenvalue weighted by Gasteiger charge is -2.30. The predicted molar refractivity (Wildman–Crippen MR) is 116 cm³/mol. The van der Waals surface area contributed by atoms with E-state index in [0.29, 0.717) is 23.9 Å². The third-order valence-electron chi connectivity index (χ3n) is 6.35. The fraction of sp³-hybridized carbons (Fsp3) is 0.500. The van der Waals surface area contributed by atoms with Crippen molar-refractivity contribution in [3.63, 3.8) is 0 Å². The molecule has 10 heteroatoms. The number of imide groups is 1. The van der Waals surface area contributed by atoms with Gasteiger partial charge in [-0.25, -0.2) is 9.78 Å². The summed E-state index contributed by atoms with van der Waals surface area (Å²) < 4.78 is 2.05. The second kappa shape index (κ2) is 8.60. The molecule has 1 aromatic heterocycles. The van der Waals surface area contributed by atoms with Gasteiger partial charge in [0, 0.05) is 25.1 Å². The number of carbonyl (C=O) groups is 4. The summed E-state index contributed by atoms with van der Waals surface area (Å²) in [5, 5.41) is 2.82. The lowest BCUT2D eigenvalue weighted by Crippen LogP contribution is -2.48. The Kier molecular flexibility index (Phi) is 5.86. The van der Waals surface area contributed by atoms with Crippen LogP contribution in [0.3, 0.4) is 0 Å². The Balaban J connectivity index is 1.30. The van der Waals surface area contributed by atoms with Crippen LogP contribution in [0.4, 0.5) is 4.79 Å². The van der Waals surface area contributed by atoms with Crippen LogP contribution < -0.4 is 16.2 Å². The van der Waals surface area contributed by atoms with E-state index in [-0.39, 0.29) is 18.9 Å². The number of hydrogen-bond acceptors (Lipinski definition) is 5. The summed E-state index contributed by atoms with van der Waals surface area (Å²) in [7, 11) is 0. The summed E-state index contributed by atoms with van der Waals surface area (Å²) in [6.07, 6.45) is 4.02. The fourth-order valence-electron chi connectivity index (χ4n) is 4.64. The number of hydrazine groups is 1. The minimum absolute atomic E-state index is 0.0339. The minimum Gasteiger partial charge on any atom is -0.329 e. The molecule has 2 heterocycles. The Morgan fingerprint density at radius 3 is 2.62 bits per heavy atom. The van der Waals surface area contributed by atoms with Gasteiger partial charge in [0.15, 0.2) is 0 Å². The van der Waals surface area contributed by atoms with Crippen molar-refractivity contribution in [2.45, 2.75) is 64.5 Å². The van der Waals surface area contributed by atoms with Crippen LogP contribution in [0.5, 0.6) is 0 Å². The number of fused-ring (bicyclic) bond motifs is 1. The average molecular weight is 441 g/mol. The molecule has 1 aromatic carbocycles. The van der Waals surface area contributed by atoms with Crippen molar-refractivity contribution >= 4 is 34.8 Å². The Hall–Kier alpha value is -3.43. The molecule has 2 aliphatic rings. The molecule has 32 heavy (non-hydrogen) atoms. The van der Waals surface area contributed by atoms with Gasteiger partial charge < -0.3 is 9.88 Å². The Morgan fingerprint density at radius 2 is 1.91 bits per heavy atom. The second-order valence-corrected chi connectivity index (χ2v) is 8.39. The molecule has 5 amide bonds. The van der Waals surface area contributed by atoms with Crippen molar-refractivity contribution in [1.82, 2.24) is 30.6 Å². The number of imidazole rings is 1.